The van der Waals surface area contributed by atoms with Crippen molar-refractivity contribution in [2.75, 3.05) is 12.4 Å². The lowest BCUT2D eigenvalue weighted by Gasteiger charge is -2.15. The van der Waals surface area contributed by atoms with E-state index < -0.39 is 40.4 Å². The summed E-state index contributed by atoms with van der Waals surface area (Å²) in [7, 11) is -4.46. The van der Waals surface area contributed by atoms with Crippen molar-refractivity contribution in [2.24, 2.45) is 0 Å². The van der Waals surface area contributed by atoms with Crippen molar-refractivity contribution in [3.63, 3.8) is 0 Å². The number of carbonyl (C=O) groups excluding carboxylic acids is 2. The molecule has 0 aliphatic heterocycles. The van der Waals surface area contributed by atoms with Gasteiger partial charge in [-0.25, -0.2) is 13.2 Å². The number of rotatable bonds is 6. The molecular formula is C12H11Br3NO6S-. The summed E-state index contributed by atoms with van der Waals surface area (Å²) in [4.78, 5) is 23.8. The fourth-order valence-corrected chi connectivity index (χ4v) is 3.35. The minimum absolute atomic E-state index is 0.285. The Bertz CT molecular complexity index is 722. The van der Waals surface area contributed by atoms with Crippen molar-refractivity contribution in [1.29, 1.82) is 0 Å². The number of esters is 1. The second-order valence-electron chi connectivity index (χ2n) is 4.37. The van der Waals surface area contributed by atoms with E-state index in [1.165, 1.54) is 6.92 Å². The van der Waals surface area contributed by atoms with Gasteiger partial charge in [-0.3, -0.25) is 4.79 Å². The molecule has 1 unspecified atom stereocenters. The van der Waals surface area contributed by atoms with Crippen LogP contribution in [0.3, 0.4) is 0 Å². The Morgan fingerprint density at radius 1 is 1.30 bits per heavy atom. The zero-order valence-electron chi connectivity index (χ0n) is 11.6. The zero-order valence-corrected chi connectivity index (χ0v) is 17.2. The van der Waals surface area contributed by atoms with Gasteiger partial charge in [0, 0.05) is 13.4 Å². The van der Waals surface area contributed by atoms with Gasteiger partial charge in [-0.2, -0.15) is 0 Å². The molecule has 1 amide bonds. The number of halogens is 3. The van der Waals surface area contributed by atoms with E-state index in [4.69, 9.17) is 0 Å². The molecule has 0 heterocycles. The van der Waals surface area contributed by atoms with E-state index in [9.17, 15) is 22.6 Å². The van der Waals surface area contributed by atoms with Gasteiger partial charge in [0.1, 0.15) is 12.6 Å². The Morgan fingerprint density at radius 2 is 1.91 bits per heavy atom. The van der Waals surface area contributed by atoms with Gasteiger partial charge in [0.15, 0.2) is 0 Å². The summed E-state index contributed by atoms with van der Waals surface area (Å²) in [6, 6.07) is 2.29. The summed E-state index contributed by atoms with van der Waals surface area (Å²) >= 11 is 9.79. The second-order valence-corrected chi connectivity index (χ2v) is 8.46. The van der Waals surface area contributed by atoms with Crippen LogP contribution in [0.25, 0.3) is 0 Å². The van der Waals surface area contributed by atoms with Crippen molar-refractivity contribution in [2.45, 2.75) is 13.0 Å². The number of ether oxygens (including phenoxy) is 1. The van der Waals surface area contributed by atoms with Gasteiger partial charge >= 0.3 is 5.97 Å². The molecule has 11 heteroatoms. The Labute approximate surface area is 158 Å². The first kappa shape index (κ1) is 20.6. The number of carbonyl (C=O) groups is 2. The molecule has 1 rings (SSSR count). The number of hydrogen-bond donors (Lipinski definition) is 1. The minimum atomic E-state index is -4.46. The van der Waals surface area contributed by atoms with Crippen LogP contribution in [0.15, 0.2) is 25.6 Å². The molecule has 1 aromatic rings. The third-order valence-corrected chi connectivity index (χ3v) is 5.65. The normalized spacial score (nSPS) is 12.6. The first-order valence-electron chi connectivity index (χ1n) is 6.07. The highest BCUT2D eigenvalue weighted by Crippen LogP contribution is 2.30. The van der Waals surface area contributed by atoms with Gasteiger partial charge in [-0.05, 0) is 50.9 Å². The predicted octanol–water partition coefficient (Wildman–Crippen LogP) is 2.18. The summed E-state index contributed by atoms with van der Waals surface area (Å²) in [5.41, 5.74) is 0.285. The Balaban J connectivity index is 2.68. The van der Waals surface area contributed by atoms with E-state index in [-0.39, 0.29) is 5.56 Å². The SMILES string of the molecule is CC(NC(=O)c1cc(Br)cc(Br)c1Br)C(=O)OCCS(=O)(=O)[O-]. The molecule has 1 atom stereocenters. The molecule has 1 N–H and O–H groups in total. The molecule has 1 aromatic carbocycles. The lowest BCUT2D eigenvalue weighted by molar-refractivity contribution is -0.144. The minimum Gasteiger partial charge on any atom is -0.748 e. The fourth-order valence-electron chi connectivity index (χ4n) is 1.42. The van der Waals surface area contributed by atoms with Crippen LogP contribution in [0.2, 0.25) is 0 Å². The van der Waals surface area contributed by atoms with Gasteiger partial charge in [0.2, 0.25) is 0 Å². The predicted molar refractivity (Wildman–Crippen MR) is 92.0 cm³/mol. The van der Waals surface area contributed by atoms with Gasteiger partial charge < -0.3 is 14.6 Å². The first-order chi connectivity index (χ1) is 10.5. The van der Waals surface area contributed by atoms with Crippen molar-refractivity contribution >= 4 is 69.8 Å². The zero-order chi connectivity index (χ0) is 17.8. The lowest BCUT2D eigenvalue weighted by atomic mass is 10.2. The summed E-state index contributed by atoms with van der Waals surface area (Å²) in [5.74, 6) is -2.18. The van der Waals surface area contributed by atoms with E-state index in [0.29, 0.717) is 13.4 Å². The van der Waals surface area contributed by atoms with Crippen LogP contribution in [-0.2, 0) is 19.6 Å². The summed E-state index contributed by atoms with van der Waals surface area (Å²) in [5, 5.41) is 2.43. The number of benzene rings is 1. The number of hydrogen-bond acceptors (Lipinski definition) is 6. The summed E-state index contributed by atoms with van der Waals surface area (Å²) in [6.45, 7) is 0.823. The van der Waals surface area contributed by atoms with Crippen LogP contribution < -0.4 is 5.32 Å². The summed E-state index contributed by atoms with van der Waals surface area (Å²) in [6.07, 6.45) is 0. The van der Waals surface area contributed by atoms with Crippen molar-refractivity contribution in [1.82, 2.24) is 5.32 Å². The first-order valence-corrected chi connectivity index (χ1v) is 10.0. The quantitative estimate of drug-likeness (QED) is 0.339. The molecule has 0 bridgehead atoms. The Morgan fingerprint density at radius 3 is 2.48 bits per heavy atom. The molecule has 23 heavy (non-hydrogen) atoms. The Hall–Kier alpha value is -0.490. The number of amides is 1. The van der Waals surface area contributed by atoms with Crippen LogP contribution in [-0.4, -0.2) is 43.2 Å². The van der Waals surface area contributed by atoms with Gasteiger partial charge in [-0.15, -0.1) is 0 Å². The number of nitrogens with one attached hydrogen (secondary N) is 1. The van der Waals surface area contributed by atoms with Gasteiger partial charge in [0.05, 0.1) is 21.4 Å². The smallest absolute Gasteiger partial charge is 0.328 e. The third kappa shape index (κ3) is 6.87. The van der Waals surface area contributed by atoms with Crippen molar-refractivity contribution in [3.05, 3.63) is 31.1 Å². The molecule has 0 saturated heterocycles. The molecule has 0 aliphatic rings. The molecule has 128 valence electrons. The van der Waals surface area contributed by atoms with Gasteiger partial charge in [-0.1, -0.05) is 15.9 Å². The van der Waals surface area contributed by atoms with Crippen molar-refractivity contribution < 1.29 is 27.3 Å². The highest BCUT2D eigenvalue weighted by molar-refractivity contribution is 9.13. The largest absolute Gasteiger partial charge is 0.748 e. The monoisotopic (exact) mass is 534 g/mol. The molecule has 0 aliphatic carbocycles. The molecule has 7 nitrogen and oxygen atoms in total. The van der Waals surface area contributed by atoms with Crippen LogP contribution in [0.4, 0.5) is 0 Å². The fraction of sp³-hybridized carbons (Fsp3) is 0.333. The molecule has 0 radical (unpaired) electrons. The van der Waals surface area contributed by atoms with E-state index in [0.717, 1.165) is 0 Å². The molecule has 0 spiro atoms. The third-order valence-electron chi connectivity index (χ3n) is 2.52. The van der Waals surface area contributed by atoms with E-state index >= 15 is 0 Å². The average molecular weight is 537 g/mol. The Kier molecular flexibility index (Phi) is 7.65. The molecular weight excluding hydrogens is 526 g/mol. The molecule has 0 saturated carbocycles. The topological polar surface area (TPSA) is 113 Å². The van der Waals surface area contributed by atoms with Gasteiger partial charge in [0.25, 0.3) is 5.91 Å². The second kappa shape index (κ2) is 8.56. The standard InChI is InChI=1S/C12H12Br3NO6S/c1-6(12(18)22-2-3-23(19,20)21)16-11(17)8-4-7(13)5-9(14)10(8)15/h4-6H,2-3H2,1H3,(H,16,17)(H,19,20,21)/p-1. The maximum Gasteiger partial charge on any atom is 0.328 e. The highest BCUT2D eigenvalue weighted by atomic mass is 79.9. The van der Waals surface area contributed by atoms with E-state index in [1.54, 1.807) is 12.1 Å². The maximum atomic E-state index is 12.2. The highest BCUT2D eigenvalue weighted by Gasteiger charge is 2.20. The summed E-state index contributed by atoms with van der Waals surface area (Å²) < 4.78 is 37.7. The van der Waals surface area contributed by atoms with Crippen LogP contribution in [0.1, 0.15) is 17.3 Å². The maximum absolute atomic E-state index is 12.2. The lowest BCUT2D eigenvalue weighted by Crippen LogP contribution is -2.40. The molecule has 0 fully saturated rings. The van der Waals surface area contributed by atoms with Crippen LogP contribution >= 0.6 is 47.8 Å². The average Bonchev–Trinajstić information content (AvgIpc) is 2.40. The van der Waals surface area contributed by atoms with Crippen molar-refractivity contribution in [3.8, 4) is 0 Å². The molecule has 0 aromatic heterocycles. The van der Waals surface area contributed by atoms with E-state index in [2.05, 4.69) is 57.8 Å². The van der Waals surface area contributed by atoms with Crippen LogP contribution in [0.5, 0.6) is 0 Å². The van der Waals surface area contributed by atoms with E-state index in [1.807, 2.05) is 0 Å². The van der Waals surface area contributed by atoms with Crippen LogP contribution in [0, 0.1) is 0 Å².